The molecule has 0 aromatic carbocycles. The smallest absolute Gasteiger partial charge is 0.211 e. The van der Waals surface area contributed by atoms with Gasteiger partial charge in [0.1, 0.15) is 0 Å². The van der Waals surface area contributed by atoms with Gasteiger partial charge < -0.3 is 15.2 Å². The molecule has 108 valence electrons. The highest BCUT2D eigenvalue weighted by Crippen LogP contribution is 2.18. The Kier molecular flexibility index (Phi) is 6.51. The number of piperidine rings is 1. The molecule has 0 saturated carbocycles. The molecule has 1 heterocycles. The van der Waals surface area contributed by atoms with Crippen molar-refractivity contribution in [1.82, 2.24) is 9.62 Å². The standard InChI is InChI=1S/C11H24N2O4S/c1-17-9-11(8-14)12-6-10-4-3-5-13(7-10)18(2,15)16/h10-12,14H,3-9H2,1-2H3. The zero-order valence-corrected chi connectivity index (χ0v) is 11.9. The van der Waals surface area contributed by atoms with Gasteiger partial charge in [0.05, 0.1) is 25.5 Å². The summed E-state index contributed by atoms with van der Waals surface area (Å²) >= 11 is 0. The summed E-state index contributed by atoms with van der Waals surface area (Å²) in [6.45, 7) is 2.38. The van der Waals surface area contributed by atoms with Crippen molar-refractivity contribution in [2.45, 2.75) is 18.9 Å². The van der Waals surface area contributed by atoms with E-state index in [1.807, 2.05) is 0 Å². The Labute approximate surface area is 109 Å². The van der Waals surface area contributed by atoms with E-state index in [4.69, 9.17) is 9.84 Å². The first-order valence-corrected chi connectivity index (χ1v) is 8.10. The molecule has 0 radical (unpaired) electrons. The average Bonchev–Trinajstić information content (AvgIpc) is 2.34. The molecule has 0 aromatic heterocycles. The van der Waals surface area contributed by atoms with Crippen LogP contribution >= 0.6 is 0 Å². The Balaban J connectivity index is 2.38. The number of methoxy groups -OCH3 is 1. The van der Waals surface area contributed by atoms with Gasteiger partial charge in [-0.25, -0.2) is 12.7 Å². The maximum atomic E-state index is 11.5. The van der Waals surface area contributed by atoms with E-state index >= 15 is 0 Å². The first-order valence-electron chi connectivity index (χ1n) is 6.25. The second-order valence-corrected chi connectivity index (χ2v) is 6.85. The van der Waals surface area contributed by atoms with Crippen molar-refractivity contribution >= 4 is 10.0 Å². The van der Waals surface area contributed by atoms with Crippen molar-refractivity contribution in [3.63, 3.8) is 0 Å². The number of sulfonamides is 1. The summed E-state index contributed by atoms with van der Waals surface area (Å²) in [7, 11) is -1.49. The van der Waals surface area contributed by atoms with Crippen molar-refractivity contribution in [3.8, 4) is 0 Å². The van der Waals surface area contributed by atoms with Gasteiger partial charge in [0.15, 0.2) is 0 Å². The van der Waals surface area contributed by atoms with E-state index in [-0.39, 0.29) is 12.6 Å². The third-order valence-corrected chi connectivity index (χ3v) is 4.50. The minimum atomic E-state index is -3.08. The van der Waals surface area contributed by atoms with Crippen molar-refractivity contribution in [1.29, 1.82) is 0 Å². The molecule has 1 aliphatic rings. The SMILES string of the molecule is COCC(CO)NCC1CCCN(S(C)(=O)=O)C1. The maximum Gasteiger partial charge on any atom is 0.211 e. The third-order valence-electron chi connectivity index (χ3n) is 3.23. The zero-order chi connectivity index (χ0) is 13.6. The second kappa shape index (κ2) is 7.40. The fourth-order valence-corrected chi connectivity index (χ4v) is 3.15. The lowest BCUT2D eigenvalue weighted by Crippen LogP contribution is -2.45. The molecule has 0 aromatic rings. The average molecular weight is 280 g/mol. The molecule has 2 atom stereocenters. The molecule has 7 heteroatoms. The summed E-state index contributed by atoms with van der Waals surface area (Å²) in [6, 6.07) is -0.0800. The van der Waals surface area contributed by atoms with E-state index in [2.05, 4.69) is 5.32 Å². The molecular weight excluding hydrogens is 256 g/mol. The van der Waals surface area contributed by atoms with Gasteiger partial charge in [-0.3, -0.25) is 0 Å². The number of aliphatic hydroxyl groups excluding tert-OH is 1. The highest BCUT2D eigenvalue weighted by atomic mass is 32.2. The predicted octanol–water partition coefficient (Wildman–Crippen LogP) is -0.745. The maximum absolute atomic E-state index is 11.5. The zero-order valence-electron chi connectivity index (χ0n) is 11.1. The van der Waals surface area contributed by atoms with E-state index in [1.54, 1.807) is 7.11 Å². The van der Waals surface area contributed by atoms with Gasteiger partial charge in [0.25, 0.3) is 0 Å². The Bertz CT molecular complexity index is 334. The largest absolute Gasteiger partial charge is 0.395 e. The molecule has 2 unspecified atom stereocenters. The van der Waals surface area contributed by atoms with Gasteiger partial charge in [-0.15, -0.1) is 0 Å². The van der Waals surface area contributed by atoms with Crippen molar-refractivity contribution < 1.29 is 18.3 Å². The molecule has 1 rings (SSSR count). The minimum absolute atomic E-state index is 0.0242. The third kappa shape index (κ3) is 5.19. The fraction of sp³-hybridized carbons (Fsp3) is 1.00. The van der Waals surface area contributed by atoms with Crippen LogP contribution in [0.1, 0.15) is 12.8 Å². The lowest BCUT2D eigenvalue weighted by atomic mass is 9.99. The highest BCUT2D eigenvalue weighted by molar-refractivity contribution is 7.88. The van der Waals surface area contributed by atoms with Gasteiger partial charge in [0, 0.05) is 20.2 Å². The van der Waals surface area contributed by atoms with Crippen LogP contribution < -0.4 is 5.32 Å². The van der Waals surface area contributed by atoms with E-state index in [9.17, 15) is 8.42 Å². The fourth-order valence-electron chi connectivity index (χ4n) is 2.21. The molecular formula is C11H24N2O4S. The van der Waals surface area contributed by atoms with Crippen LogP contribution in [0.25, 0.3) is 0 Å². The molecule has 1 fully saturated rings. The second-order valence-electron chi connectivity index (χ2n) is 4.87. The van der Waals surface area contributed by atoms with Gasteiger partial charge in [-0.05, 0) is 25.3 Å². The molecule has 2 N–H and O–H groups in total. The van der Waals surface area contributed by atoms with E-state index in [0.717, 1.165) is 12.8 Å². The number of hydrogen-bond donors (Lipinski definition) is 2. The minimum Gasteiger partial charge on any atom is -0.395 e. The first kappa shape index (κ1) is 15.8. The Hall–Kier alpha value is -0.210. The van der Waals surface area contributed by atoms with Gasteiger partial charge >= 0.3 is 0 Å². The molecule has 1 saturated heterocycles. The Morgan fingerprint density at radius 1 is 1.56 bits per heavy atom. The van der Waals surface area contributed by atoms with Gasteiger partial charge in [-0.2, -0.15) is 0 Å². The summed E-state index contributed by atoms with van der Waals surface area (Å²) in [6.07, 6.45) is 3.17. The molecule has 18 heavy (non-hydrogen) atoms. The van der Waals surface area contributed by atoms with E-state index in [0.29, 0.717) is 32.2 Å². The molecule has 6 nitrogen and oxygen atoms in total. The molecule has 0 bridgehead atoms. The Morgan fingerprint density at radius 2 is 2.28 bits per heavy atom. The number of nitrogens with one attached hydrogen (secondary N) is 1. The number of nitrogens with zero attached hydrogens (tertiary/aromatic N) is 1. The molecule has 0 spiro atoms. The molecule has 0 aliphatic carbocycles. The van der Waals surface area contributed by atoms with Crippen LogP contribution in [0.3, 0.4) is 0 Å². The van der Waals surface area contributed by atoms with Gasteiger partial charge in [0.2, 0.25) is 10.0 Å². The number of ether oxygens (including phenoxy) is 1. The van der Waals surface area contributed by atoms with Crippen LogP contribution in [0, 0.1) is 5.92 Å². The van der Waals surface area contributed by atoms with Crippen LogP contribution in [0.2, 0.25) is 0 Å². The number of aliphatic hydroxyl groups is 1. The van der Waals surface area contributed by atoms with E-state index in [1.165, 1.54) is 10.6 Å². The monoisotopic (exact) mass is 280 g/mol. The lowest BCUT2D eigenvalue weighted by molar-refractivity contribution is 0.123. The summed E-state index contributed by atoms with van der Waals surface area (Å²) < 4.78 is 29.5. The van der Waals surface area contributed by atoms with E-state index < -0.39 is 10.0 Å². The van der Waals surface area contributed by atoms with Crippen molar-refractivity contribution in [2.75, 3.05) is 46.2 Å². The van der Waals surface area contributed by atoms with Crippen LogP contribution in [-0.4, -0.2) is 70.1 Å². The summed E-state index contributed by atoms with van der Waals surface area (Å²) in [4.78, 5) is 0. The van der Waals surface area contributed by atoms with Gasteiger partial charge in [-0.1, -0.05) is 0 Å². The summed E-state index contributed by atoms with van der Waals surface area (Å²) in [5.41, 5.74) is 0. The van der Waals surface area contributed by atoms with Crippen LogP contribution in [0.4, 0.5) is 0 Å². The number of rotatable bonds is 7. The number of hydrogen-bond acceptors (Lipinski definition) is 5. The Morgan fingerprint density at radius 3 is 2.83 bits per heavy atom. The van der Waals surface area contributed by atoms with Crippen LogP contribution in [-0.2, 0) is 14.8 Å². The first-order chi connectivity index (χ1) is 8.47. The quantitative estimate of drug-likeness (QED) is 0.642. The van der Waals surface area contributed by atoms with Crippen molar-refractivity contribution in [2.24, 2.45) is 5.92 Å². The van der Waals surface area contributed by atoms with Crippen molar-refractivity contribution in [3.05, 3.63) is 0 Å². The van der Waals surface area contributed by atoms with Crippen LogP contribution in [0.15, 0.2) is 0 Å². The molecule has 0 amide bonds. The summed E-state index contributed by atoms with van der Waals surface area (Å²) in [5.74, 6) is 0.305. The summed E-state index contributed by atoms with van der Waals surface area (Å²) in [5, 5.41) is 12.3. The van der Waals surface area contributed by atoms with Crippen LogP contribution in [0.5, 0.6) is 0 Å². The topological polar surface area (TPSA) is 78.9 Å². The predicted molar refractivity (Wildman–Crippen MR) is 69.9 cm³/mol. The lowest BCUT2D eigenvalue weighted by Gasteiger charge is -2.31. The normalized spacial score (nSPS) is 24.1. The molecule has 1 aliphatic heterocycles. The highest BCUT2D eigenvalue weighted by Gasteiger charge is 2.26.